The zero-order valence-corrected chi connectivity index (χ0v) is 50.4. The molecule has 0 bridgehead atoms. The Morgan fingerprint density at radius 2 is 1.12 bits per heavy atom. The zero-order valence-electron chi connectivity index (χ0n) is 50.4. The van der Waals surface area contributed by atoms with Crippen LogP contribution >= 0.6 is 0 Å². The first-order chi connectivity index (χ1) is 39.6. The Bertz CT molecular complexity index is 2410. The molecule has 0 aromatic rings. The second-order valence-electron chi connectivity index (χ2n) is 23.2. The van der Waals surface area contributed by atoms with Gasteiger partial charge in [0.05, 0.1) is 62.2 Å². The van der Waals surface area contributed by atoms with Crippen LogP contribution in [0.5, 0.6) is 0 Å². The van der Waals surface area contributed by atoms with Crippen molar-refractivity contribution in [1.29, 1.82) is 0 Å². The summed E-state index contributed by atoms with van der Waals surface area (Å²) in [7, 11) is 1.12. The molecule has 1 saturated heterocycles. The number of aliphatic hydroxyl groups is 2. The number of primary amides is 2. The number of esters is 1. The molecule has 27 nitrogen and oxygen atoms in total. The maximum absolute atomic E-state index is 14.2. The predicted molar refractivity (Wildman–Crippen MR) is 303 cm³/mol. The van der Waals surface area contributed by atoms with Gasteiger partial charge in [0.15, 0.2) is 28.9 Å². The van der Waals surface area contributed by atoms with Crippen molar-refractivity contribution < 1.29 is 97.1 Å². The van der Waals surface area contributed by atoms with Crippen LogP contribution in [0.1, 0.15) is 158 Å². The molecule has 0 aromatic heterocycles. The minimum atomic E-state index is -1.64. The van der Waals surface area contributed by atoms with Gasteiger partial charge in [-0.3, -0.25) is 67.1 Å². The second-order valence-corrected chi connectivity index (χ2v) is 23.2. The van der Waals surface area contributed by atoms with Gasteiger partial charge in [-0.05, 0) is 76.0 Å². The number of hydrogen-bond donors (Lipinski definition) is 10. The summed E-state index contributed by atoms with van der Waals surface area (Å²) in [5, 5.41) is 50.3. The van der Waals surface area contributed by atoms with Crippen molar-refractivity contribution in [3.05, 3.63) is 12.2 Å². The van der Waals surface area contributed by atoms with Crippen LogP contribution in [0.2, 0.25) is 0 Å². The third-order valence-electron chi connectivity index (χ3n) is 14.5. The van der Waals surface area contributed by atoms with Crippen LogP contribution in [-0.2, 0) is 76.7 Å². The van der Waals surface area contributed by atoms with Gasteiger partial charge in [0.2, 0.25) is 41.4 Å². The summed E-state index contributed by atoms with van der Waals surface area (Å²) in [6.07, 6.45) is -4.01. The zero-order chi connectivity index (χ0) is 65.0. The molecule has 1 aliphatic heterocycles. The number of rotatable bonds is 43. The summed E-state index contributed by atoms with van der Waals surface area (Å²) >= 11 is 0. The maximum Gasteiger partial charge on any atom is 0.330 e. The largest absolute Gasteiger partial charge is 0.481 e. The van der Waals surface area contributed by atoms with E-state index in [9.17, 15) is 92.3 Å². The van der Waals surface area contributed by atoms with Crippen LogP contribution < -0.4 is 32.7 Å². The quantitative estimate of drug-likeness (QED) is 0.0294. The number of allylic oxidation sites excluding steroid dienone is 1. The van der Waals surface area contributed by atoms with E-state index < -0.39 is 224 Å². The number of methoxy groups -OCH3 is 1. The van der Waals surface area contributed by atoms with Crippen molar-refractivity contribution in [3.8, 4) is 0 Å². The number of hydrogen-bond acceptors (Lipinski definition) is 18. The van der Waals surface area contributed by atoms with Crippen LogP contribution in [0.3, 0.4) is 0 Å². The van der Waals surface area contributed by atoms with Crippen LogP contribution in [0.15, 0.2) is 12.2 Å². The highest BCUT2D eigenvalue weighted by Crippen LogP contribution is 2.28. The van der Waals surface area contributed by atoms with Crippen LogP contribution in [0.25, 0.3) is 0 Å². The Labute approximate surface area is 495 Å². The van der Waals surface area contributed by atoms with Gasteiger partial charge >= 0.3 is 17.9 Å². The van der Waals surface area contributed by atoms with Gasteiger partial charge in [-0.25, -0.2) is 4.79 Å². The fraction of sp³-hybridized carbons (Fsp3) is 0.707. The number of ketones is 5. The predicted octanol–water partition coefficient (Wildman–Crippen LogP) is 0.535. The summed E-state index contributed by atoms with van der Waals surface area (Å²) in [5.41, 5.74) is 10.7. The fourth-order valence-corrected chi connectivity index (χ4v) is 10.1. The molecule has 478 valence electrons. The molecule has 7 amide bonds. The number of carboxylic acids is 2. The molecule has 0 radical (unpaired) electrons. The minimum absolute atomic E-state index is 0.0223. The number of nitrogens with one attached hydrogen (secondary N) is 4. The summed E-state index contributed by atoms with van der Waals surface area (Å²) < 4.78 is 4.57. The second kappa shape index (κ2) is 37.9. The average molecular weight is 1210 g/mol. The van der Waals surface area contributed by atoms with Crippen molar-refractivity contribution in [2.24, 2.45) is 58.8 Å². The monoisotopic (exact) mass is 1210 g/mol. The topological polar surface area (TPSA) is 450 Å². The fourth-order valence-electron chi connectivity index (χ4n) is 10.1. The third kappa shape index (κ3) is 28.0. The Kier molecular flexibility index (Phi) is 33.8. The highest BCUT2D eigenvalue weighted by atomic mass is 16.5. The average Bonchev–Trinajstić information content (AvgIpc) is 4.14. The number of ether oxygens (including phenoxy) is 1. The Morgan fingerprint density at radius 3 is 1.62 bits per heavy atom. The molecule has 1 rings (SSSR count). The number of nitrogens with two attached hydrogens (primary N) is 2. The minimum Gasteiger partial charge on any atom is -0.481 e. The van der Waals surface area contributed by atoms with Crippen LogP contribution in [-0.4, -0.2) is 170 Å². The first-order valence-corrected chi connectivity index (χ1v) is 28.8. The number of likely N-dealkylation sites (tertiary alicyclic amines) is 1. The first kappa shape index (κ1) is 75.7. The molecule has 85 heavy (non-hydrogen) atoms. The Hall–Kier alpha value is -7.29. The highest BCUT2D eigenvalue weighted by molar-refractivity contribution is 5.99. The maximum atomic E-state index is 14.2. The van der Waals surface area contributed by atoms with Gasteiger partial charge < -0.3 is 62.8 Å². The van der Waals surface area contributed by atoms with Crippen molar-refractivity contribution >= 4 is 88.2 Å². The number of carbonyl (C=O) groups excluding carboxylic acids is 13. The van der Waals surface area contributed by atoms with E-state index >= 15 is 0 Å². The normalized spacial score (nSPS) is 16.8. The molecular formula is C58H91N7O20. The molecule has 1 aliphatic rings. The molecule has 1 unspecified atom stereocenters. The van der Waals surface area contributed by atoms with E-state index in [1.165, 1.54) is 17.9 Å². The summed E-state index contributed by atoms with van der Waals surface area (Å²) in [4.78, 5) is 198. The lowest BCUT2D eigenvalue weighted by Gasteiger charge is -2.30. The van der Waals surface area contributed by atoms with Gasteiger partial charge in [-0.2, -0.15) is 0 Å². The highest BCUT2D eigenvalue weighted by Gasteiger charge is 2.42. The number of aliphatic carboxylic acids is 2. The first-order valence-electron chi connectivity index (χ1n) is 28.8. The summed E-state index contributed by atoms with van der Waals surface area (Å²) in [5.74, 6) is -20.3. The van der Waals surface area contributed by atoms with Gasteiger partial charge in [-0.15, -0.1) is 0 Å². The number of Topliss-reactive ketones (excluding diaryl/α,β-unsaturated/α-hetero) is 5. The molecule has 0 saturated carbocycles. The standard InChI is InChI=1S/C58H91N7O20/c1-30(2)21-37(56(81)64-53(33(7)67)47(73)26-38(58(83)84)22-31(3)4)25-45(71)42-14-12-20-65(42)57(82)39(29-66)27-46(72)52(32(5)6)63-55(80)36(16-18-48(59)74)24-43(69)40(17-19-50(76)77)62-54(79)35(13-10-11-15-51(78)85-9)23-44(70)41(28-49(60)75)61-34(8)68/h11,15,30-33,35-42,52-53,66-67H,10,12-14,16-29H2,1-9H3,(H2,59,74)(H2,60,75)(H,61,68)(H,62,79)(H,63,80)(H,64,81)(H,76,77)(H,83,84)/b15-11+/t33?,35-,36-,37-,38-,39+,40+,41+,42+,52+,53+/m1/s1. The van der Waals surface area contributed by atoms with E-state index in [1.807, 2.05) is 0 Å². The lowest BCUT2D eigenvalue weighted by Crippen LogP contribution is -2.51. The molecule has 1 heterocycles. The smallest absolute Gasteiger partial charge is 0.330 e. The van der Waals surface area contributed by atoms with Gasteiger partial charge in [-0.1, -0.05) is 47.6 Å². The number of nitrogens with zero attached hydrogens (tertiary/aromatic N) is 1. The van der Waals surface area contributed by atoms with Crippen molar-refractivity contribution in [2.75, 3.05) is 20.3 Å². The van der Waals surface area contributed by atoms with Crippen LogP contribution in [0.4, 0.5) is 0 Å². The number of aliphatic hydroxyl groups excluding tert-OH is 2. The van der Waals surface area contributed by atoms with E-state index in [1.54, 1.807) is 41.5 Å². The third-order valence-corrected chi connectivity index (χ3v) is 14.5. The SMILES string of the molecule is COC(=O)/C=C/CC[C@H](CC(=O)[C@H](CC(N)=O)NC(C)=O)C(=O)N[C@@H](CCC(=O)O)C(=O)C[C@@H](CCC(N)=O)C(=O)N[C@H](C(=O)C[C@@H](CO)C(=O)N1CCC[C@H]1C(=O)C[C@@H](CC(C)C)C(=O)N[C@H](C(=O)C[C@@H](CC(C)C)C(=O)O)C(C)O)C(C)C. The van der Waals surface area contributed by atoms with Crippen LogP contribution in [0, 0.1) is 47.3 Å². The van der Waals surface area contributed by atoms with Gasteiger partial charge in [0.25, 0.3) is 0 Å². The molecular weight excluding hydrogens is 1110 g/mol. The molecule has 0 spiro atoms. The van der Waals surface area contributed by atoms with E-state index in [0.717, 1.165) is 20.1 Å². The Morgan fingerprint density at radius 1 is 0.600 bits per heavy atom. The van der Waals surface area contributed by atoms with Gasteiger partial charge in [0, 0.05) is 82.2 Å². The van der Waals surface area contributed by atoms with Crippen molar-refractivity contribution in [3.63, 3.8) is 0 Å². The number of amides is 7. The van der Waals surface area contributed by atoms with Crippen molar-refractivity contribution in [1.82, 2.24) is 26.2 Å². The summed E-state index contributed by atoms with van der Waals surface area (Å²) in [6, 6.07) is -7.04. The van der Waals surface area contributed by atoms with E-state index in [2.05, 4.69) is 26.0 Å². The Balaban J connectivity index is 3.48. The van der Waals surface area contributed by atoms with Gasteiger partial charge in [0.1, 0.15) is 6.04 Å². The molecule has 0 aliphatic carbocycles. The lowest BCUT2D eigenvalue weighted by molar-refractivity contribution is -0.145. The molecule has 0 aromatic carbocycles. The molecule has 1 fully saturated rings. The lowest BCUT2D eigenvalue weighted by atomic mass is 9.87. The van der Waals surface area contributed by atoms with E-state index in [0.29, 0.717) is 6.42 Å². The molecule has 11 atom stereocenters. The van der Waals surface area contributed by atoms with E-state index in [-0.39, 0.29) is 56.9 Å². The van der Waals surface area contributed by atoms with E-state index in [4.69, 9.17) is 11.5 Å². The number of carbonyl (C=O) groups is 15. The molecule has 12 N–H and O–H groups in total. The number of carboxylic acid groups (broad SMARTS) is 2. The van der Waals surface area contributed by atoms with Crippen molar-refractivity contribution in [2.45, 2.75) is 194 Å². The molecule has 27 heteroatoms. The summed E-state index contributed by atoms with van der Waals surface area (Å²) in [6.45, 7) is 11.8.